The number of alkyl halides is 1. The van der Waals surface area contributed by atoms with Gasteiger partial charge in [-0.25, -0.2) is 4.98 Å². The molecular weight excluding hydrogens is 240 g/mol. The third-order valence-corrected chi connectivity index (χ3v) is 2.61. The van der Waals surface area contributed by atoms with Crippen LogP contribution in [0.25, 0.3) is 10.9 Å². The Morgan fingerprint density at radius 2 is 2.29 bits per heavy atom. The van der Waals surface area contributed by atoms with Crippen LogP contribution >= 0.6 is 11.6 Å². The summed E-state index contributed by atoms with van der Waals surface area (Å²) in [6.07, 6.45) is 1.52. The molecule has 17 heavy (non-hydrogen) atoms. The lowest BCUT2D eigenvalue weighted by Gasteiger charge is -2.08. The molecule has 1 aromatic carbocycles. The van der Waals surface area contributed by atoms with Crippen molar-refractivity contribution in [2.45, 2.75) is 13.5 Å². The van der Waals surface area contributed by atoms with E-state index in [-0.39, 0.29) is 5.56 Å². The van der Waals surface area contributed by atoms with Crippen LogP contribution in [-0.2, 0) is 6.54 Å². The van der Waals surface area contributed by atoms with E-state index in [1.54, 1.807) is 12.1 Å². The van der Waals surface area contributed by atoms with Gasteiger partial charge < -0.3 is 4.74 Å². The average Bonchev–Trinajstić information content (AvgIpc) is 2.33. The van der Waals surface area contributed by atoms with E-state index in [0.717, 1.165) is 0 Å². The molecule has 0 aliphatic carbocycles. The molecule has 0 spiro atoms. The Morgan fingerprint density at radius 3 is 3.00 bits per heavy atom. The third-order valence-electron chi connectivity index (χ3n) is 2.44. The Labute approximate surface area is 104 Å². The monoisotopic (exact) mass is 252 g/mol. The number of rotatable bonds is 4. The predicted molar refractivity (Wildman–Crippen MR) is 67.9 cm³/mol. The highest BCUT2D eigenvalue weighted by atomic mass is 35.5. The van der Waals surface area contributed by atoms with Crippen molar-refractivity contribution >= 4 is 22.5 Å². The van der Waals surface area contributed by atoms with Crippen molar-refractivity contribution in [3.8, 4) is 5.75 Å². The summed E-state index contributed by atoms with van der Waals surface area (Å²) in [6.45, 7) is 2.85. The van der Waals surface area contributed by atoms with Crippen LogP contribution in [0, 0.1) is 0 Å². The zero-order chi connectivity index (χ0) is 12.3. The molecule has 0 bridgehead atoms. The van der Waals surface area contributed by atoms with Gasteiger partial charge in [0, 0.05) is 12.4 Å². The SMILES string of the molecule is CCOc1cccc2ncn(CCCl)c(=O)c12. The maximum atomic E-state index is 12.2. The minimum atomic E-state index is -0.111. The molecule has 0 fully saturated rings. The predicted octanol–water partition coefficient (Wildman–Crippen LogP) is 2.03. The minimum Gasteiger partial charge on any atom is -0.493 e. The van der Waals surface area contributed by atoms with Crippen molar-refractivity contribution in [1.29, 1.82) is 0 Å². The molecule has 4 nitrogen and oxygen atoms in total. The van der Waals surface area contributed by atoms with Gasteiger partial charge in [-0.1, -0.05) is 6.07 Å². The summed E-state index contributed by atoms with van der Waals surface area (Å²) >= 11 is 5.64. The molecule has 2 rings (SSSR count). The summed E-state index contributed by atoms with van der Waals surface area (Å²) in [6, 6.07) is 5.40. The first-order chi connectivity index (χ1) is 8.27. The summed E-state index contributed by atoms with van der Waals surface area (Å²) < 4.78 is 6.94. The van der Waals surface area contributed by atoms with Crippen molar-refractivity contribution in [2.75, 3.05) is 12.5 Å². The number of hydrogen-bond donors (Lipinski definition) is 0. The van der Waals surface area contributed by atoms with Crippen LogP contribution in [0.5, 0.6) is 5.75 Å². The normalized spacial score (nSPS) is 10.7. The fourth-order valence-corrected chi connectivity index (χ4v) is 1.88. The molecule has 0 unspecified atom stereocenters. The second-order valence-corrected chi connectivity index (χ2v) is 3.89. The van der Waals surface area contributed by atoms with Crippen LogP contribution < -0.4 is 10.3 Å². The van der Waals surface area contributed by atoms with E-state index >= 15 is 0 Å². The Bertz CT molecular complexity index is 580. The van der Waals surface area contributed by atoms with E-state index in [9.17, 15) is 4.79 Å². The molecule has 0 radical (unpaired) electrons. The quantitative estimate of drug-likeness (QED) is 0.782. The van der Waals surface area contributed by atoms with Gasteiger partial charge in [0.15, 0.2) is 0 Å². The molecular formula is C12H13ClN2O2. The summed E-state index contributed by atoms with van der Waals surface area (Å²) in [5, 5.41) is 0.516. The van der Waals surface area contributed by atoms with Gasteiger partial charge in [-0.05, 0) is 19.1 Å². The second-order valence-electron chi connectivity index (χ2n) is 3.52. The van der Waals surface area contributed by atoms with Gasteiger partial charge in [-0.15, -0.1) is 11.6 Å². The van der Waals surface area contributed by atoms with Gasteiger partial charge in [0.2, 0.25) is 0 Å². The van der Waals surface area contributed by atoms with Gasteiger partial charge >= 0.3 is 0 Å². The lowest BCUT2D eigenvalue weighted by atomic mass is 10.2. The summed E-state index contributed by atoms with van der Waals surface area (Å²) in [4.78, 5) is 16.4. The first-order valence-corrected chi connectivity index (χ1v) is 5.98. The Kier molecular flexibility index (Phi) is 3.64. The second kappa shape index (κ2) is 5.19. The number of ether oxygens (including phenoxy) is 1. The number of aryl methyl sites for hydroxylation is 1. The van der Waals surface area contributed by atoms with Gasteiger partial charge in [-0.2, -0.15) is 0 Å². The molecule has 0 amide bonds. The van der Waals surface area contributed by atoms with E-state index < -0.39 is 0 Å². The smallest absolute Gasteiger partial charge is 0.264 e. The van der Waals surface area contributed by atoms with Crippen molar-refractivity contribution in [2.24, 2.45) is 0 Å². The molecule has 0 aliphatic rings. The Balaban J connectivity index is 2.68. The summed E-state index contributed by atoms with van der Waals surface area (Å²) in [5.41, 5.74) is 0.534. The molecule has 90 valence electrons. The lowest BCUT2D eigenvalue weighted by molar-refractivity contribution is 0.344. The number of nitrogens with zero attached hydrogens (tertiary/aromatic N) is 2. The number of hydrogen-bond acceptors (Lipinski definition) is 3. The average molecular weight is 253 g/mol. The van der Waals surface area contributed by atoms with Crippen LogP contribution in [-0.4, -0.2) is 22.0 Å². The summed E-state index contributed by atoms with van der Waals surface area (Å²) in [5.74, 6) is 0.954. The summed E-state index contributed by atoms with van der Waals surface area (Å²) in [7, 11) is 0. The van der Waals surface area contributed by atoms with Crippen molar-refractivity contribution in [3.63, 3.8) is 0 Å². The van der Waals surface area contributed by atoms with Gasteiger partial charge in [0.1, 0.15) is 11.1 Å². The highest BCUT2D eigenvalue weighted by molar-refractivity contribution is 6.17. The maximum Gasteiger partial charge on any atom is 0.264 e. The first kappa shape index (κ1) is 11.9. The van der Waals surface area contributed by atoms with Gasteiger partial charge in [-0.3, -0.25) is 9.36 Å². The number of benzene rings is 1. The Morgan fingerprint density at radius 1 is 1.47 bits per heavy atom. The highest BCUT2D eigenvalue weighted by Crippen LogP contribution is 2.20. The standard InChI is InChI=1S/C12H13ClN2O2/c1-2-17-10-5-3-4-9-11(10)12(16)15(7-6-13)8-14-9/h3-5,8H,2,6-7H2,1H3. The van der Waals surface area contributed by atoms with Crippen molar-refractivity contribution < 1.29 is 4.74 Å². The van der Waals surface area contributed by atoms with Crippen LogP contribution in [0.4, 0.5) is 0 Å². The van der Waals surface area contributed by atoms with E-state index in [1.165, 1.54) is 10.9 Å². The largest absolute Gasteiger partial charge is 0.493 e. The topological polar surface area (TPSA) is 44.1 Å². The number of aromatic nitrogens is 2. The van der Waals surface area contributed by atoms with E-state index in [1.807, 2.05) is 13.0 Å². The van der Waals surface area contributed by atoms with Crippen LogP contribution in [0.15, 0.2) is 29.3 Å². The molecule has 0 atom stereocenters. The third kappa shape index (κ3) is 2.26. The fourth-order valence-electron chi connectivity index (χ4n) is 1.70. The molecule has 1 aromatic heterocycles. The van der Waals surface area contributed by atoms with Gasteiger partial charge in [0.25, 0.3) is 5.56 Å². The minimum absolute atomic E-state index is 0.111. The van der Waals surface area contributed by atoms with Crippen molar-refractivity contribution in [1.82, 2.24) is 9.55 Å². The van der Waals surface area contributed by atoms with Crippen LogP contribution in [0.1, 0.15) is 6.92 Å². The van der Waals surface area contributed by atoms with Gasteiger partial charge in [0.05, 0.1) is 18.5 Å². The number of fused-ring (bicyclic) bond motifs is 1. The zero-order valence-corrected chi connectivity index (χ0v) is 10.3. The first-order valence-electron chi connectivity index (χ1n) is 5.45. The van der Waals surface area contributed by atoms with Crippen molar-refractivity contribution in [3.05, 3.63) is 34.9 Å². The molecule has 0 saturated heterocycles. The molecule has 0 N–H and O–H groups in total. The van der Waals surface area contributed by atoms with E-state index in [0.29, 0.717) is 35.7 Å². The van der Waals surface area contributed by atoms with E-state index in [2.05, 4.69) is 4.98 Å². The number of halogens is 1. The molecule has 2 aromatic rings. The molecule has 0 aliphatic heterocycles. The fraction of sp³-hybridized carbons (Fsp3) is 0.333. The van der Waals surface area contributed by atoms with Crippen LogP contribution in [0.2, 0.25) is 0 Å². The van der Waals surface area contributed by atoms with E-state index in [4.69, 9.17) is 16.3 Å². The lowest BCUT2D eigenvalue weighted by Crippen LogP contribution is -2.21. The Hall–Kier alpha value is -1.55. The molecule has 1 heterocycles. The maximum absolute atomic E-state index is 12.2. The van der Waals surface area contributed by atoms with Crippen LogP contribution in [0.3, 0.4) is 0 Å². The molecule has 0 saturated carbocycles. The zero-order valence-electron chi connectivity index (χ0n) is 9.52. The molecule has 5 heteroatoms. The highest BCUT2D eigenvalue weighted by Gasteiger charge is 2.09.